The van der Waals surface area contributed by atoms with Crippen LogP contribution in [0.5, 0.6) is 5.75 Å². The van der Waals surface area contributed by atoms with E-state index in [1.807, 2.05) is 47.4 Å². The van der Waals surface area contributed by atoms with Crippen molar-refractivity contribution >= 4 is 5.91 Å². The van der Waals surface area contributed by atoms with Crippen LogP contribution in [0.3, 0.4) is 0 Å². The fourth-order valence-electron chi connectivity index (χ4n) is 4.68. The van der Waals surface area contributed by atoms with Crippen LogP contribution < -0.4 is 4.74 Å². The molecule has 2 aromatic heterocycles. The van der Waals surface area contributed by atoms with Crippen molar-refractivity contribution in [3.05, 3.63) is 66.6 Å². The first-order chi connectivity index (χ1) is 15.8. The largest absolute Gasteiger partial charge is 0.490 e. The van der Waals surface area contributed by atoms with Crippen LogP contribution in [-0.2, 0) is 0 Å². The van der Waals surface area contributed by atoms with E-state index < -0.39 is 0 Å². The molecule has 0 atom stereocenters. The van der Waals surface area contributed by atoms with Crippen LogP contribution in [0.25, 0.3) is 11.3 Å². The van der Waals surface area contributed by atoms with Gasteiger partial charge in [0.25, 0.3) is 5.91 Å². The Kier molecular flexibility index (Phi) is 6.16. The van der Waals surface area contributed by atoms with Gasteiger partial charge in [-0.25, -0.2) is 0 Å². The lowest BCUT2D eigenvalue weighted by Gasteiger charge is -2.41. The van der Waals surface area contributed by atoms with Gasteiger partial charge in [-0.15, -0.1) is 0 Å². The van der Waals surface area contributed by atoms with E-state index >= 15 is 0 Å². The Balaban J connectivity index is 1.10. The Hall–Kier alpha value is -3.19. The number of pyridine rings is 1. The number of ether oxygens (including phenoxy) is 1. The third-order valence-corrected chi connectivity index (χ3v) is 6.48. The molecule has 1 aromatic carbocycles. The molecule has 0 radical (unpaired) electrons. The van der Waals surface area contributed by atoms with E-state index in [1.54, 1.807) is 18.5 Å². The van der Waals surface area contributed by atoms with Crippen LogP contribution in [-0.4, -0.2) is 64.2 Å². The average Bonchev–Trinajstić information content (AvgIpc) is 3.36. The number of carbonyl (C=O) groups is 1. The van der Waals surface area contributed by atoms with Crippen molar-refractivity contribution in [1.29, 1.82) is 0 Å². The third kappa shape index (κ3) is 4.67. The minimum absolute atomic E-state index is 0.0427. The molecule has 5 rings (SSSR count). The van der Waals surface area contributed by atoms with Crippen LogP contribution >= 0.6 is 0 Å². The smallest absolute Gasteiger partial charge is 0.276 e. The molecular formula is C25H28N4O3. The van der Waals surface area contributed by atoms with E-state index in [0.717, 1.165) is 63.2 Å². The lowest BCUT2D eigenvalue weighted by molar-refractivity contribution is 0.0421. The van der Waals surface area contributed by atoms with Gasteiger partial charge < -0.3 is 14.2 Å². The molecule has 0 bridgehead atoms. The molecule has 0 spiro atoms. The van der Waals surface area contributed by atoms with Gasteiger partial charge in [-0.05, 0) is 37.8 Å². The summed E-state index contributed by atoms with van der Waals surface area (Å²) in [6.07, 6.45) is 7.84. The predicted octanol–water partition coefficient (Wildman–Crippen LogP) is 3.88. The molecule has 2 aliphatic heterocycles. The maximum absolute atomic E-state index is 12.9. The molecule has 2 saturated heterocycles. The molecule has 0 saturated carbocycles. The number of hydrogen-bond donors (Lipinski definition) is 0. The summed E-state index contributed by atoms with van der Waals surface area (Å²) in [5, 5.41) is 4.02. The van der Waals surface area contributed by atoms with Crippen molar-refractivity contribution in [3.8, 4) is 17.1 Å². The van der Waals surface area contributed by atoms with Crippen LogP contribution in [0.1, 0.15) is 36.2 Å². The van der Waals surface area contributed by atoms with Crippen molar-refractivity contribution in [2.24, 2.45) is 0 Å². The second-order valence-corrected chi connectivity index (χ2v) is 8.50. The maximum Gasteiger partial charge on any atom is 0.276 e. The van der Waals surface area contributed by atoms with Gasteiger partial charge in [-0.2, -0.15) is 0 Å². The van der Waals surface area contributed by atoms with E-state index in [2.05, 4.69) is 15.0 Å². The minimum atomic E-state index is -0.0427. The van der Waals surface area contributed by atoms with Crippen molar-refractivity contribution in [1.82, 2.24) is 19.9 Å². The summed E-state index contributed by atoms with van der Waals surface area (Å²) in [6.45, 7) is 3.59. The van der Waals surface area contributed by atoms with Gasteiger partial charge in [0.05, 0.1) is 0 Å². The highest BCUT2D eigenvalue weighted by Gasteiger charge is 2.31. The van der Waals surface area contributed by atoms with Crippen LogP contribution in [0.15, 0.2) is 65.4 Å². The lowest BCUT2D eigenvalue weighted by atomic mass is 9.98. The third-order valence-electron chi connectivity index (χ3n) is 6.48. The molecule has 2 fully saturated rings. The molecule has 32 heavy (non-hydrogen) atoms. The van der Waals surface area contributed by atoms with Gasteiger partial charge in [0.2, 0.25) is 0 Å². The Bertz CT molecular complexity index is 1010. The van der Waals surface area contributed by atoms with Crippen LogP contribution in [0, 0.1) is 0 Å². The number of piperidine rings is 2. The maximum atomic E-state index is 12.9. The quantitative estimate of drug-likeness (QED) is 0.609. The molecule has 3 aromatic rings. The fourth-order valence-corrected chi connectivity index (χ4v) is 4.68. The highest BCUT2D eigenvalue weighted by molar-refractivity contribution is 5.93. The first kappa shape index (κ1) is 20.7. The first-order valence-corrected chi connectivity index (χ1v) is 11.4. The zero-order chi connectivity index (χ0) is 21.8. The van der Waals surface area contributed by atoms with Crippen LogP contribution in [0.4, 0.5) is 0 Å². The second kappa shape index (κ2) is 9.53. The number of hydrogen-bond acceptors (Lipinski definition) is 6. The molecule has 1 amide bonds. The van der Waals surface area contributed by atoms with Gasteiger partial charge in [0.1, 0.15) is 11.9 Å². The van der Waals surface area contributed by atoms with E-state index in [4.69, 9.17) is 9.26 Å². The van der Waals surface area contributed by atoms with Crippen molar-refractivity contribution < 1.29 is 14.1 Å². The normalized spacial score (nSPS) is 18.6. The van der Waals surface area contributed by atoms with Gasteiger partial charge in [-0.3, -0.25) is 14.7 Å². The number of nitrogens with zero attached hydrogens (tertiary/aromatic N) is 4. The van der Waals surface area contributed by atoms with Crippen molar-refractivity contribution in [2.45, 2.75) is 37.8 Å². The van der Waals surface area contributed by atoms with Crippen molar-refractivity contribution in [3.63, 3.8) is 0 Å². The van der Waals surface area contributed by atoms with E-state index in [1.165, 1.54) is 0 Å². The Morgan fingerprint density at radius 3 is 2.38 bits per heavy atom. The first-order valence-electron chi connectivity index (χ1n) is 11.4. The van der Waals surface area contributed by atoms with Gasteiger partial charge in [0.15, 0.2) is 11.5 Å². The SMILES string of the molecule is O=C(c1cc(-c2ccccc2)on1)N1CCC(N2CCC(Oc3ccncc3)CC2)CC1. The standard InChI is InChI=1S/C25H28N4O3/c30-25(23-18-24(32-27-23)19-4-2-1-3-5-19)29-14-8-20(9-15-29)28-16-10-22(11-17-28)31-21-6-12-26-13-7-21/h1-7,12-13,18,20,22H,8-11,14-17H2. The Morgan fingerprint density at radius 2 is 1.66 bits per heavy atom. The zero-order valence-corrected chi connectivity index (χ0v) is 18.1. The number of carbonyl (C=O) groups excluding carboxylic acids is 1. The topological polar surface area (TPSA) is 71.7 Å². The summed E-state index contributed by atoms with van der Waals surface area (Å²) in [4.78, 5) is 21.4. The van der Waals surface area contributed by atoms with Gasteiger partial charge in [-0.1, -0.05) is 35.5 Å². The summed E-state index contributed by atoms with van der Waals surface area (Å²) in [5.74, 6) is 1.48. The molecule has 7 heteroatoms. The Labute approximate surface area is 188 Å². The molecular weight excluding hydrogens is 404 g/mol. The molecule has 0 unspecified atom stereocenters. The van der Waals surface area contributed by atoms with Crippen LogP contribution in [0.2, 0.25) is 0 Å². The van der Waals surface area contributed by atoms with Gasteiger partial charge in [0, 0.05) is 56.2 Å². The Morgan fingerprint density at radius 1 is 0.938 bits per heavy atom. The monoisotopic (exact) mass is 432 g/mol. The van der Waals surface area contributed by atoms with E-state index in [9.17, 15) is 4.79 Å². The number of rotatable bonds is 5. The molecule has 2 aliphatic rings. The molecule has 0 N–H and O–H groups in total. The summed E-state index contributed by atoms with van der Waals surface area (Å²) in [5.41, 5.74) is 1.31. The highest BCUT2D eigenvalue weighted by atomic mass is 16.5. The molecule has 166 valence electrons. The molecule has 4 heterocycles. The minimum Gasteiger partial charge on any atom is -0.490 e. The van der Waals surface area contributed by atoms with Crippen molar-refractivity contribution in [2.75, 3.05) is 26.2 Å². The molecule has 7 nitrogen and oxygen atoms in total. The predicted molar refractivity (Wildman–Crippen MR) is 120 cm³/mol. The second-order valence-electron chi connectivity index (χ2n) is 8.50. The average molecular weight is 433 g/mol. The zero-order valence-electron chi connectivity index (χ0n) is 18.1. The van der Waals surface area contributed by atoms with Gasteiger partial charge >= 0.3 is 0 Å². The number of likely N-dealkylation sites (tertiary alicyclic amines) is 2. The van der Waals surface area contributed by atoms with E-state index in [0.29, 0.717) is 17.5 Å². The fraction of sp³-hybridized carbons (Fsp3) is 0.400. The summed E-state index contributed by atoms with van der Waals surface area (Å²) >= 11 is 0. The summed E-state index contributed by atoms with van der Waals surface area (Å²) in [7, 11) is 0. The van der Waals surface area contributed by atoms with E-state index in [-0.39, 0.29) is 12.0 Å². The number of amides is 1. The lowest BCUT2D eigenvalue weighted by Crippen LogP contribution is -2.50. The summed E-state index contributed by atoms with van der Waals surface area (Å²) < 4.78 is 11.5. The number of benzene rings is 1. The number of aromatic nitrogens is 2. The summed E-state index contributed by atoms with van der Waals surface area (Å²) in [6, 6.07) is 15.8. The molecule has 0 aliphatic carbocycles. The highest BCUT2D eigenvalue weighted by Crippen LogP contribution is 2.25.